The molecule has 6 heteroatoms. The van der Waals surface area contributed by atoms with E-state index in [1.165, 1.54) is 0 Å². The molecule has 1 aliphatic heterocycles. The standard InChI is InChI=1S/C20H19N3O3/c1-14-12-23(18-11-17(25-2)6-7-19(18)26-14)20(24)15-4-3-5-16(10-15)22-9-8-21-13-22/h3-11,13-14H,12H2,1-2H3/t14-/m1/s1. The largest absolute Gasteiger partial charge is 0.497 e. The molecule has 0 radical (unpaired) electrons. The average Bonchev–Trinajstić information content (AvgIpc) is 3.21. The monoisotopic (exact) mass is 349 g/mol. The molecule has 6 nitrogen and oxygen atoms in total. The number of imidazole rings is 1. The lowest BCUT2D eigenvalue weighted by atomic mass is 10.1. The van der Waals surface area contributed by atoms with Crippen LogP contribution < -0.4 is 14.4 Å². The second kappa shape index (κ2) is 6.55. The van der Waals surface area contributed by atoms with Crippen molar-refractivity contribution in [3.63, 3.8) is 0 Å². The molecular weight excluding hydrogens is 330 g/mol. The molecule has 2 aromatic carbocycles. The van der Waals surface area contributed by atoms with E-state index in [0.29, 0.717) is 23.6 Å². The SMILES string of the molecule is COc1ccc2c(c1)N(C(=O)c1cccc(-n3ccnc3)c1)C[C@@H](C)O2. The summed E-state index contributed by atoms with van der Waals surface area (Å²) in [5, 5.41) is 0. The fraction of sp³-hybridized carbons (Fsp3) is 0.200. The Labute approximate surface area is 151 Å². The Kier molecular flexibility index (Phi) is 4.08. The molecule has 0 N–H and O–H groups in total. The molecule has 1 amide bonds. The van der Waals surface area contributed by atoms with Gasteiger partial charge in [-0.05, 0) is 37.3 Å². The third-order valence-corrected chi connectivity index (χ3v) is 4.37. The van der Waals surface area contributed by atoms with Gasteiger partial charge in [-0.1, -0.05) is 6.07 Å². The van der Waals surface area contributed by atoms with Crippen molar-refractivity contribution in [2.45, 2.75) is 13.0 Å². The van der Waals surface area contributed by atoms with Crippen LogP contribution >= 0.6 is 0 Å². The second-order valence-electron chi connectivity index (χ2n) is 6.20. The first-order valence-corrected chi connectivity index (χ1v) is 8.40. The zero-order valence-electron chi connectivity index (χ0n) is 14.6. The van der Waals surface area contributed by atoms with Crippen molar-refractivity contribution in [1.82, 2.24) is 9.55 Å². The van der Waals surface area contributed by atoms with Crippen LogP contribution in [0, 0.1) is 0 Å². The van der Waals surface area contributed by atoms with Crippen molar-refractivity contribution in [2.75, 3.05) is 18.6 Å². The summed E-state index contributed by atoms with van der Waals surface area (Å²) < 4.78 is 13.0. The molecule has 0 unspecified atom stereocenters. The lowest BCUT2D eigenvalue weighted by Gasteiger charge is -2.33. The second-order valence-corrected chi connectivity index (χ2v) is 6.20. The summed E-state index contributed by atoms with van der Waals surface area (Å²) in [6.07, 6.45) is 5.18. The molecule has 26 heavy (non-hydrogen) atoms. The van der Waals surface area contributed by atoms with E-state index in [4.69, 9.17) is 9.47 Å². The summed E-state index contributed by atoms with van der Waals surface area (Å²) in [7, 11) is 1.61. The van der Waals surface area contributed by atoms with E-state index in [-0.39, 0.29) is 12.0 Å². The van der Waals surface area contributed by atoms with Crippen molar-refractivity contribution in [1.29, 1.82) is 0 Å². The van der Waals surface area contributed by atoms with E-state index in [9.17, 15) is 4.79 Å². The highest BCUT2D eigenvalue weighted by Gasteiger charge is 2.29. The third kappa shape index (κ3) is 2.90. The summed E-state index contributed by atoms with van der Waals surface area (Å²) >= 11 is 0. The Balaban J connectivity index is 1.72. The summed E-state index contributed by atoms with van der Waals surface area (Å²) in [6.45, 7) is 2.43. The highest BCUT2D eigenvalue weighted by atomic mass is 16.5. The molecule has 0 saturated heterocycles. The van der Waals surface area contributed by atoms with E-state index < -0.39 is 0 Å². The van der Waals surface area contributed by atoms with Gasteiger partial charge in [0.05, 0.1) is 25.7 Å². The molecule has 3 aromatic rings. The molecule has 0 fully saturated rings. The minimum Gasteiger partial charge on any atom is -0.497 e. The van der Waals surface area contributed by atoms with Crippen LogP contribution in [-0.2, 0) is 0 Å². The molecule has 2 heterocycles. The van der Waals surface area contributed by atoms with Gasteiger partial charge in [-0.15, -0.1) is 0 Å². The van der Waals surface area contributed by atoms with Crippen molar-refractivity contribution < 1.29 is 14.3 Å². The first-order chi connectivity index (χ1) is 12.7. The molecule has 4 rings (SSSR count). The Morgan fingerprint density at radius 3 is 2.92 bits per heavy atom. The van der Waals surface area contributed by atoms with Crippen molar-refractivity contribution in [3.05, 3.63) is 66.7 Å². The topological polar surface area (TPSA) is 56.6 Å². The van der Waals surface area contributed by atoms with Crippen LogP contribution in [0.4, 0.5) is 5.69 Å². The van der Waals surface area contributed by atoms with Gasteiger partial charge in [0.1, 0.15) is 17.6 Å². The van der Waals surface area contributed by atoms with Gasteiger partial charge in [0.2, 0.25) is 0 Å². The van der Waals surface area contributed by atoms with Gasteiger partial charge in [-0.3, -0.25) is 4.79 Å². The van der Waals surface area contributed by atoms with Crippen LogP contribution in [0.15, 0.2) is 61.2 Å². The maximum Gasteiger partial charge on any atom is 0.258 e. The van der Waals surface area contributed by atoms with E-state index in [2.05, 4.69) is 4.98 Å². The van der Waals surface area contributed by atoms with Crippen molar-refractivity contribution >= 4 is 11.6 Å². The first-order valence-electron chi connectivity index (χ1n) is 8.40. The molecule has 1 aliphatic rings. The van der Waals surface area contributed by atoms with Crippen LogP contribution in [0.3, 0.4) is 0 Å². The van der Waals surface area contributed by atoms with Crippen molar-refractivity contribution in [2.24, 2.45) is 0 Å². The number of carbonyl (C=O) groups excluding carboxylic acids is 1. The maximum atomic E-state index is 13.2. The third-order valence-electron chi connectivity index (χ3n) is 4.37. The van der Waals surface area contributed by atoms with Crippen LogP contribution in [-0.4, -0.2) is 35.2 Å². The predicted molar refractivity (Wildman–Crippen MR) is 98.3 cm³/mol. The van der Waals surface area contributed by atoms with Gasteiger partial charge < -0.3 is 18.9 Å². The highest BCUT2D eigenvalue weighted by Crippen LogP contribution is 2.37. The molecule has 0 aliphatic carbocycles. The lowest BCUT2D eigenvalue weighted by molar-refractivity contribution is 0.0961. The first kappa shape index (κ1) is 16.2. The van der Waals surface area contributed by atoms with Gasteiger partial charge in [0.15, 0.2) is 0 Å². The van der Waals surface area contributed by atoms with Gasteiger partial charge in [0, 0.05) is 29.7 Å². The number of carbonyl (C=O) groups is 1. The normalized spacial score (nSPS) is 15.9. The number of hydrogen-bond donors (Lipinski definition) is 0. The molecule has 132 valence electrons. The Morgan fingerprint density at radius 1 is 1.27 bits per heavy atom. The molecule has 0 saturated carbocycles. The van der Waals surface area contributed by atoms with Gasteiger partial charge in [-0.2, -0.15) is 0 Å². The highest BCUT2D eigenvalue weighted by molar-refractivity contribution is 6.07. The molecule has 1 aromatic heterocycles. The fourth-order valence-electron chi connectivity index (χ4n) is 3.10. The number of ether oxygens (including phenoxy) is 2. The zero-order chi connectivity index (χ0) is 18.1. The van der Waals surface area contributed by atoms with Crippen LogP contribution in [0.5, 0.6) is 11.5 Å². The summed E-state index contributed by atoms with van der Waals surface area (Å²) in [5.41, 5.74) is 2.22. The maximum absolute atomic E-state index is 13.2. The van der Waals surface area contributed by atoms with Crippen LogP contribution in [0.1, 0.15) is 17.3 Å². The quantitative estimate of drug-likeness (QED) is 0.728. The van der Waals surface area contributed by atoms with Gasteiger partial charge in [-0.25, -0.2) is 4.98 Å². The molecular formula is C20H19N3O3. The van der Waals surface area contributed by atoms with Gasteiger partial charge >= 0.3 is 0 Å². The number of methoxy groups -OCH3 is 1. The number of rotatable bonds is 3. The number of fused-ring (bicyclic) bond motifs is 1. The zero-order valence-corrected chi connectivity index (χ0v) is 14.6. The minimum absolute atomic E-state index is 0.0726. The average molecular weight is 349 g/mol. The Hall–Kier alpha value is -3.28. The predicted octanol–water partition coefficient (Wildman–Crippen LogP) is 3.31. The number of amides is 1. The number of hydrogen-bond acceptors (Lipinski definition) is 4. The van der Waals surface area contributed by atoms with E-state index in [1.54, 1.807) is 24.5 Å². The number of nitrogens with zero attached hydrogens (tertiary/aromatic N) is 3. The van der Waals surface area contributed by atoms with E-state index >= 15 is 0 Å². The molecule has 0 spiro atoms. The smallest absolute Gasteiger partial charge is 0.258 e. The Morgan fingerprint density at radius 2 is 2.15 bits per heavy atom. The summed E-state index contributed by atoms with van der Waals surface area (Å²) in [5.74, 6) is 1.30. The fourth-order valence-corrected chi connectivity index (χ4v) is 3.10. The number of aromatic nitrogens is 2. The van der Waals surface area contributed by atoms with Crippen LogP contribution in [0.25, 0.3) is 5.69 Å². The van der Waals surface area contributed by atoms with Crippen LogP contribution in [0.2, 0.25) is 0 Å². The van der Waals surface area contributed by atoms with E-state index in [0.717, 1.165) is 11.4 Å². The number of anilines is 1. The van der Waals surface area contributed by atoms with Crippen molar-refractivity contribution in [3.8, 4) is 17.2 Å². The Bertz CT molecular complexity index is 937. The summed E-state index contributed by atoms with van der Waals surface area (Å²) in [6, 6.07) is 13.0. The molecule has 0 bridgehead atoms. The van der Waals surface area contributed by atoms with E-state index in [1.807, 2.05) is 60.2 Å². The number of benzene rings is 2. The summed E-state index contributed by atoms with van der Waals surface area (Å²) in [4.78, 5) is 19.0. The minimum atomic E-state index is -0.0864. The van der Waals surface area contributed by atoms with Gasteiger partial charge in [0.25, 0.3) is 5.91 Å². The molecule has 1 atom stereocenters. The lowest BCUT2D eigenvalue weighted by Crippen LogP contribution is -2.42.